The van der Waals surface area contributed by atoms with E-state index in [0.29, 0.717) is 0 Å². The number of nitrogens with zero attached hydrogens (tertiary/aromatic N) is 2. The summed E-state index contributed by atoms with van der Waals surface area (Å²) in [4.78, 5) is 21.5. The predicted octanol–water partition coefficient (Wildman–Crippen LogP) is 0.777. The van der Waals surface area contributed by atoms with E-state index in [9.17, 15) is 23.3 Å². The van der Waals surface area contributed by atoms with E-state index in [2.05, 4.69) is 4.74 Å². The van der Waals surface area contributed by atoms with E-state index in [-0.39, 0.29) is 11.3 Å². The summed E-state index contributed by atoms with van der Waals surface area (Å²) in [6.45, 7) is 0. The smallest absolute Gasteiger partial charge is 0.337 e. The third-order valence-electron chi connectivity index (χ3n) is 2.43. The van der Waals surface area contributed by atoms with Crippen LogP contribution in [0.2, 0.25) is 0 Å². The van der Waals surface area contributed by atoms with Gasteiger partial charge in [-0.15, -0.1) is 0 Å². The molecule has 0 radical (unpaired) electrons. The molecule has 0 saturated carbocycles. The Balaban J connectivity index is 3.48. The van der Waals surface area contributed by atoms with Gasteiger partial charge in [-0.25, -0.2) is 13.2 Å². The molecular formula is C10H12N2O6S. The zero-order valence-corrected chi connectivity index (χ0v) is 11.3. The molecular weight excluding hydrogens is 276 g/mol. The Morgan fingerprint density at radius 3 is 2.42 bits per heavy atom. The number of carbonyl (C=O) groups excluding carboxylic acids is 1. The molecule has 0 aliphatic rings. The fraction of sp³-hybridized carbons (Fsp3) is 0.300. The van der Waals surface area contributed by atoms with Crippen LogP contribution in [-0.2, 0) is 14.8 Å². The van der Waals surface area contributed by atoms with Gasteiger partial charge in [0.2, 0.25) is 10.0 Å². The van der Waals surface area contributed by atoms with Crippen LogP contribution in [0, 0.1) is 10.1 Å². The number of nitro groups is 1. The quantitative estimate of drug-likeness (QED) is 0.460. The van der Waals surface area contributed by atoms with E-state index < -0.39 is 26.6 Å². The van der Waals surface area contributed by atoms with Gasteiger partial charge in [-0.3, -0.25) is 14.4 Å². The number of benzene rings is 1. The Kier molecular flexibility index (Phi) is 4.10. The van der Waals surface area contributed by atoms with Crippen LogP contribution >= 0.6 is 0 Å². The average Bonchev–Trinajstić information content (AvgIpc) is 2.34. The van der Waals surface area contributed by atoms with Gasteiger partial charge in [-0.05, 0) is 12.1 Å². The second-order valence-corrected chi connectivity index (χ2v) is 5.70. The first-order valence-corrected chi connectivity index (χ1v) is 6.84. The summed E-state index contributed by atoms with van der Waals surface area (Å²) in [5, 5.41) is 10.9. The minimum absolute atomic E-state index is 0.0265. The molecule has 104 valence electrons. The fourth-order valence-electron chi connectivity index (χ4n) is 1.35. The van der Waals surface area contributed by atoms with Crippen molar-refractivity contribution in [3.05, 3.63) is 33.9 Å². The number of carbonyl (C=O) groups is 1. The predicted molar refractivity (Wildman–Crippen MR) is 67.7 cm³/mol. The zero-order valence-electron chi connectivity index (χ0n) is 10.5. The fourth-order valence-corrected chi connectivity index (χ4v) is 1.86. The molecule has 1 aromatic rings. The van der Waals surface area contributed by atoms with E-state index in [1.165, 1.54) is 13.1 Å². The number of rotatable bonds is 4. The molecule has 1 aromatic carbocycles. The second kappa shape index (κ2) is 5.22. The van der Waals surface area contributed by atoms with E-state index in [0.717, 1.165) is 29.8 Å². The number of hydrogen-bond donors (Lipinski definition) is 0. The van der Waals surface area contributed by atoms with E-state index in [1.807, 2.05) is 0 Å². The van der Waals surface area contributed by atoms with Gasteiger partial charge in [0.1, 0.15) is 5.69 Å². The molecule has 0 N–H and O–H groups in total. The Morgan fingerprint density at radius 2 is 2.00 bits per heavy atom. The van der Waals surface area contributed by atoms with Gasteiger partial charge >= 0.3 is 5.97 Å². The summed E-state index contributed by atoms with van der Waals surface area (Å²) in [7, 11) is -1.36. The van der Waals surface area contributed by atoms with Crippen molar-refractivity contribution in [3.63, 3.8) is 0 Å². The van der Waals surface area contributed by atoms with Crippen molar-refractivity contribution in [2.75, 3.05) is 24.7 Å². The largest absolute Gasteiger partial charge is 0.465 e. The van der Waals surface area contributed by atoms with Gasteiger partial charge in [0.15, 0.2) is 0 Å². The van der Waals surface area contributed by atoms with Crippen molar-refractivity contribution in [1.29, 1.82) is 0 Å². The van der Waals surface area contributed by atoms with Crippen molar-refractivity contribution in [3.8, 4) is 0 Å². The van der Waals surface area contributed by atoms with Crippen molar-refractivity contribution in [2.24, 2.45) is 0 Å². The molecule has 0 aliphatic carbocycles. The molecule has 0 bridgehead atoms. The number of hydrogen-bond acceptors (Lipinski definition) is 6. The summed E-state index contributed by atoms with van der Waals surface area (Å²) in [6.07, 6.45) is 0.904. The summed E-state index contributed by atoms with van der Waals surface area (Å²) in [5.41, 5.74) is -0.588. The molecule has 0 spiro atoms. The maximum atomic E-state index is 11.4. The first-order chi connectivity index (χ1) is 8.68. The average molecular weight is 288 g/mol. The molecule has 0 unspecified atom stereocenters. The normalized spacial score (nSPS) is 10.9. The van der Waals surface area contributed by atoms with Crippen molar-refractivity contribution >= 4 is 27.4 Å². The lowest BCUT2D eigenvalue weighted by atomic mass is 10.1. The standard InChI is InChI=1S/C10H12N2O6S/c1-11(19(3,16)17)9-6-7(10(13)18-2)4-5-8(9)12(14)15/h4-6H,1-3H3. The van der Waals surface area contributed by atoms with E-state index >= 15 is 0 Å². The molecule has 9 heteroatoms. The summed E-state index contributed by atoms with van der Waals surface area (Å²) >= 11 is 0. The highest BCUT2D eigenvalue weighted by molar-refractivity contribution is 7.92. The summed E-state index contributed by atoms with van der Waals surface area (Å²) in [6, 6.07) is 3.36. The van der Waals surface area contributed by atoms with Gasteiger partial charge in [-0.2, -0.15) is 0 Å². The van der Waals surface area contributed by atoms with Gasteiger partial charge in [0.05, 0.1) is 23.9 Å². The first-order valence-electron chi connectivity index (χ1n) is 4.99. The minimum atomic E-state index is -3.68. The van der Waals surface area contributed by atoms with Gasteiger partial charge in [-0.1, -0.05) is 0 Å². The van der Waals surface area contributed by atoms with Crippen LogP contribution in [0.25, 0.3) is 0 Å². The van der Waals surface area contributed by atoms with Gasteiger partial charge in [0.25, 0.3) is 5.69 Å². The molecule has 0 fully saturated rings. The molecule has 0 aromatic heterocycles. The van der Waals surface area contributed by atoms with Crippen LogP contribution in [0.3, 0.4) is 0 Å². The monoisotopic (exact) mass is 288 g/mol. The molecule has 0 saturated heterocycles. The second-order valence-electron chi connectivity index (χ2n) is 3.68. The lowest BCUT2D eigenvalue weighted by Crippen LogP contribution is -2.26. The number of nitro benzene ring substituents is 1. The van der Waals surface area contributed by atoms with Crippen LogP contribution in [0.1, 0.15) is 10.4 Å². The number of sulfonamides is 1. The Bertz CT molecular complexity index is 625. The Labute approximate surface area is 109 Å². The van der Waals surface area contributed by atoms with Crippen LogP contribution < -0.4 is 4.31 Å². The number of esters is 1. The SMILES string of the molecule is COC(=O)c1ccc([N+](=O)[O-])c(N(C)S(C)(=O)=O)c1. The van der Waals surface area contributed by atoms with Crippen molar-refractivity contribution in [1.82, 2.24) is 0 Å². The highest BCUT2D eigenvalue weighted by Gasteiger charge is 2.24. The third kappa shape index (κ3) is 3.19. The number of anilines is 1. The molecule has 0 aliphatic heterocycles. The van der Waals surface area contributed by atoms with Crippen LogP contribution in [0.5, 0.6) is 0 Å². The highest BCUT2D eigenvalue weighted by Crippen LogP contribution is 2.30. The highest BCUT2D eigenvalue weighted by atomic mass is 32.2. The molecule has 1 rings (SSSR count). The number of ether oxygens (including phenoxy) is 1. The van der Waals surface area contributed by atoms with Crippen molar-refractivity contribution in [2.45, 2.75) is 0 Å². The van der Waals surface area contributed by atoms with E-state index in [1.54, 1.807) is 0 Å². The Hall–Kier alpha value is -2.16. The van der Waals surface area contributed by atoms with E-state index in [4.69, 9.17) is 0 Å². The summed E-state index contributed by atoms with van der Waals surface area (Å²) < 4.78 is 28.1. The topological polar surface area (TPSA) is 107 Å². The van der Waals surface area contributed by atoms with Crippen LogP contribution in [0.15, 0.2) is 18.2 Å². The minimum Gasteiger partial charge on any atom is -0.465 e. The summed E-state index contributed by atoms with van der Waals surface area (Å²) in [5.74, 6) is -0.710. The maximum Gasteiger partial charge on any atom is 0.337 e. The van der Waals surface area contributed by atoms with Crippen LogP contribution in [-0.4, -0.2) is 39.7 Å². The molecule has 19 heavy (non-hydrogen) atoms. The molecule has 0 atom stereocenters. The van der Waals surface area contributed by atoms with Crippen molar-refractivity contribution < 1.29 is 22.9 Å². The lowest BCUT2D eigenvalue weighted by molar-refractivity contribution is -0.384. The van der Waals surface area contributed by atoms with Gasteiger partial charge < -0.3 is 4.74 Å². The molecule has 0 amide bonds. The lowest BCUT2D eigenvalue weighted by Gasteiger charge is -2.17. The van der Waals surface area contributed by atoms with Crippen LogP contribution in [0.4, 0.5) is 11.4 Å². The molecule has 8 nitrogen and oxygen atoms in total. The Morgan fingerprint density at radius 1 is 1.42 bits per heavy atom. The first kappa shape index (κ1) is 14.9. The molecule has 0 heterocycles. The third-order valence-corrected chi connectivity index (χ3v) is 3.62. The number of methoxy groups -OCH3 is 1. The van der Waals surface area contributed by atoms with Gasteiger partial charge in [0, 0.05) is 13.1 Å². The maximum absolute atomic E-state index is 11.4. The zero-order chi connectivity index (χ0) is 14.8.